The minimum Gasteiger partial charge on any atom is -0.466 e. The average molecular weight is 407 g/mol. The molecule has 3 heterocycles. The van der Waals surface area contributed by atoms with Crippen molar-refractivity contribution in [3.8, 4) is 0 Å². The predicted molar refractivity (Wildman–Crippen MR) is 104 cm³/mol. The number of ether oxygens (including phenoxy) is 1. The van der Waals surface area contributed by atoms with Gasteiger partial charge in [-0.2, -0.15) is 4.31 Å². The van der Waals surface area contributed by atoms with Crippen molar-refractivity contribution in [2.45, 2.75) is 43.5 Å². The maximum absolute atomic E-state index is 13.1. The zero-order valence-electron chi connectivity index (χ0n) is 15.9. The Balaban J connectivity index is 1.52. The van der Waals surface area contributed by atoms with E-state index >= 15 is 0 Å². The fourth-order valence-electron chi connectivity index (χ4n) is 4.31. The van der Waals surface area contributed by atoms with Gasteiger partial charge in [0.15, 0.2) is 0 Å². The lowest BCUT2D eigenvalue weighted by molar-refractivity contribution is -0.149. The summed E-state index contributed by atoms with van der Waals surface area (Å²) in [6, 6.07) is 4.79. The lowest BCUT2D eigenvalue weighted by Crippen LogP contribution is -2.44. The van der Waals surface area contributed by atoms with E-state index in [1.807, 2.05) is 0 Å². The molecule has 4 rings (SSSR count). The van der Waals surface area contributed by atoms with Crippen molar-refractivity contribution in [1.82, 2.24) is 4.31 Å². The van der Waals surface area contributed by atoms with Gasteiger partial charge in [-0.25, -0.2) is 8.42 Å². The van der Waals surface area contributed by atoms with Crippen molar-refractivity contribution in [3.63, 3.8) is 0 Å². The zero-order chi connectivity index (χ0) is 19.9. The molecule has 0 radical (unpaired) electrons. The summed E-state index contributed by atoms with van der Waals surface area (Å²) in [5.41, 5.74) is 1.42. The molecule has 1 amide bonds. The van der Waals surface area contributed by atoms with E-state index in [-0.39, 0.29) is 41.8 Å². The van der Waals surface area contributed by atoms with Gasteiger partial charge in [-0.15, -0.1) is 0 Å². The number of amides is 1. The number of hydrogen-bond donors (Lipinski definition) is 1. The minimum absolute atomic E-state index is 0.0743. The summed E-state index contributed by atoms with van der Waals surface area (Å²) in [6.07, 6.45) is 2.68. The Morgan fingerprint density at radius 3 is 2.68 bits per heavy atom. The van der Waals surface area contributed by atoms with Crippen molar-refractivity contribution >= 4 is 33.3 Å². The third kappa shape index (κ3) is 3.26. The smallest absolute Gasteiger partial charge is 0.309 e. The molecule has 0 bridgehead atoms. The van der Waals surface area contributed by atoms with Crippen LogP contribution in [0.1, 0.15) is 32.6 Å². The first-order valence-electron chi connectivity index (χ1n) is 9.80. The fraction of sp³-hybridized carbons (Fsp3) is 0.579. The second-order valence-corrected chi connectivity index (χ2v) is 9.39. The van der Waals surface area contributed by atoms with Gasteiger partial charge in [0.1, 0.15) is 6.04 Å². The monoisotopic (exact) mass is 407 g/mol. The number of anilines is 2. The van der Waals surface area contributed by atoms with Crippen LogP contribution >= 0.6 is 0 Å². The van der Waals surface area contributed by atoms with E-state index in [4.69, 9.17) is 4.74 Å². The Kier molecular flexibility index (Phi) is 5.05. The standard InChI is InChI=1S/C19H25N3O5S/c1-2-27-19(24)13-7-10-21(11-8-13)28(25,26)14-5-6-16-15(12-14)20-18(23)17-4-3-9-22(16)17/h5-6,12-13,17H,2-4,7-11H2,1H3,(H,20,23). The van der Waals surface area contributed by atoms with Crippen LogP contribution in [-0.4, -0.2) is 56.9 Å². The first kappa shape index (κ1) is 19.2. The predicted octanol–water partition coefficient (Wildman–Crippen LogP) is 1.57. The van der Waals surface area contributed by atoms with Crippen molar-refractivity contribution in [2.24, 2.45) is 5.92 Å². The summed E-state index contributed by atoms with van der Waals surface area (Å²) in [7, 11) is -3.69. The summed E-state index contributed by atoms with van der Waals surface area (Å²) in [6.45, 7) is 3.46. The van der Waals surface area contributed by atoms with E-state index in [0.717, 1.165) is 25.1 Å². The Labute approximate surface area is 164 Å². The highest BCUT2D eigenvalue weighted by Crippen LogP contribution is 2.38. The Morgan fingerprint density at radius 2 is 1.96 bits per heavy atom. The van der Waals surface area contributed by atoms with E-state index in [0.29, 0.717) is 25.1 Å². The van der Waals surface area contributed by atoms with E-state index in [1.54, 1.807) is 25.1 Å². The number of esters is 1. The molecule has 3 aliphatic heterocycles. The van der Waals surface area contributed by atoms with Gasteiger partial charge >= 0.3 is 5.97 Å². The van der Waals surface area contributed by atoms with E-state index in [9.17, 15) is 18.0 Å². The highest BCUT2D eigenvalue weighted by atomic mass is 32.2. The topological polar surface area (TPSA) is 96.0 Å². The van der Waals surface area contributed by atoms with Gasteiger partial charge in [-0.05, 0) is 50.8 Å². The molecule has 0 saturated carbocycles. The van der Waals surface area contributed by atoms with E-state index in [1.165, 1.54) is 4.31 Å². The summed E-state index contributed by atoms with van der Waals surface area (Å²) < 4.78 is 32.6. The largest absolute Gasteiger partial charge is 0.466 e. The van der Waals surface area contributed by atoms with Gasteiger partial charge in [0.05, 0.1) is 28.8 Å². The van der Waals surface area contributed by atoms with Gasteiger partial charge in [0.25, 0.3) is 0 Å². The average Bonchev–Trinajstić information content (AvgIpc) is 3.19. The SMILES string of the molecule is CCOC(=O)C1CCN(S(=O)(=O)c2ccc3c(c2)NC(=O)C2CCCN32)CC1. The summed E-state index contributed by atoms with van der Waals surface area (Å²) >= 11 is 0. The van der Waals surface area contributed by atoms with Crippen LogP contribution in [0.3, 0.4) is 0 Å². The van der Waals surface area contributed by atoms with Crippen LogP contribution in [0.4, 0.5) is 11.4 Å². The van der Waals surface area contributed by atoms with Gasteiger partial charge in [-0.1, -0.05) is 0 Å². The Bertz CT molecular complexity index is 893. The van der Waals surface area contributed by atoms with Crippen LogP contribution in [-0.2, 0) is 24.3 Å². The molecule has 2 fully saturated rings. The number of carbonyl (C=O) groups is 2. The molecule has 1 N–H and O–H groups in total. The molecule has 0 aromatic heterocycles. The van der Waals surface area contributed by atoms with Crippen LogP contribution in [0.25, 0.3) is 0 Å². The minimum atomic E-state index is -3.69. The second kappa shape index (κ2) is 7.36. The molecule has 1 aromatic carbocycles. The molecule has 9 heteroatoms. The molecular weight excluding hydrogens is 382 g/mol. The van der Waals surface area contributed by atoms with E-state index < -0.39 is 10.0 Å². The molecule has 1 unspecified atom stereocenters. The molecule has 0 spiro atoms. The zero-order valence-corrected chi connectivity index (χ0v) is 16.7. The van der Waals surface area contributed by atoms with Crippen LogP contribution < -0.4 is 10.2 Å². The highest BCUT2D eigenvalue weighted by Gasteiger charge is 2.38. The van der Waals surface area contributed by atoms with Crippen LogP contribution in [0.15, 0.2) is 23.1 Å². The number of benzene rings is 1. The quantitative estimate of drug-likeness (QED) is 0.761. The summed E-state index contributed by atoms with van der Waals surface area (Å²) in [5.74, 6) is -0.577. The molecule has 2 saturated heterocycles. The number of hydrogen-bond acceptors (Lipinski definition) is 6. The number of rotatable bonds is 4. The van der Waals surface area contributed by atoms with Crippen molar-refractivity contribution in [2.75, 3.05) is 36.5 Å². The number of nitrogens with zero attached hydrogens (tertiary/aromatic N) is 2. The molecule has 1 atom stereocenters. The lowest BCUT2D eigenvalue weighted by atomic mass is 9.98. The van der Waals surface area contributed by atoms with Crippen LogP contribution in [0.5, 0.6) is 0 Å². The molecular formula is C19H25N3O5S. The normalized spacial score (nSPS) is 23.1. The first-order valence-corrected chi connectivity index (χ1v) is 11.2. The lowest BCUT2D eigenvalue weighted by Gasteiger charge is -2.34. The summed E-state index contributed by atoms with van der Waals surface area (Å²) in [5, 5.41) is 2.86. The Hall–Kier alpha value is -2.13. The number of nitrogens with one attached hydrogen (secondary N) is 1. The molecule has 152 valence electrons. The Morgan fingerprint density at radius 1 is 1.21 bits per heavy atom. The molecule has 8 nitrogen and oxygen atoms in total. The number of piperidine rings is 1. The van der Waals surface area contributed by atoms with Crippen LogP contribution in [0.2, 0.25) is 0 Å². The van der Waals surface area contributed by atoms with E-state index in [2.05, 4.69) is 10.2 Å². The fourth-order valence-corrected chi connectivity index (χ4v) is 5.81. The third-order valence-electron chi connectivity index (χ3n) is 5.80. The van der Waals surface area contributed by atoms with Crippen molar-refractivity contribution in [3.05, 3.63) is 18.2 Å². The van der Waals surface area contributed by atoms with Gasteiger partial charge in [0, 0.05) is 19.6 Å². The maximum Gasteiger partial charge on any atom is 0.309 e. The molecule has 1 aromatic rings. The molecule has 3 aliphatic rings. The van der Waals surface area contributed by atoms with Crippen molar-refractivity contribution < 1.29 is 22.7 Å². The number of carbonyl (C=O) groups excluding carboxylic acids is 2. The molecule has 28 heavy (non-hydrogen) atoms. The van der Waals surface area contributed by atoms with Gasteiger partial charge < -0.3 is 15.0 Å². The number of sulfonamides is 1. The summed E-state index contributed by atoms with van der Waals surface area (Å²) in [4.78, 5) is 26.4. The maximum atomic E-state index is 13.1. The van der Waals surface area contributed by atoms with Gasteiger partial charge in [-0.3, -0.25) is 9.59 Å². The van der Waals surface area contributed by atoms with Crippen LogP contribution in [0, 0.1) is 5.92 Å². The third-order valence-corrected chi connectivity index (χ3v) is 7.70. The highest BCUT2D eigenvalue weighted by molar-refractivity contribution is 7.89. The number of fused-ring (bicyclic) bond motifs is 3. The second-order valence-electron chi connectivity index (χ2n) is 7.45. The first-order chi connectivity index (χ1) is 13.4. The van der Waals surface area contributed by atoms with Crippen molar-refractivity contribution in [1.29, 1.82) is 0 Å². The van der Waals surface area contributed by atoms with Gasteiger partial charge in [0.2, 0.25) is 15.9 Å². The molecule has 0 aliphatic carbocycles.